The van der Waals surface area contributed by atoms with E-state index in [0.29, 0.717) is 24.1 Å². The summed E-state index contributed by atoms with van der Waals surface area (Å²) in [7, 11) is -2.84. The molecule has 2 rings (SSSR count). The number of aldehydes is 1. The Morgan fingerprint density at radius 2 is 1.93 bits per heavy atom. The van der Waals surface area contributed by atoms with E-state index in [4.69, 9.17) is 0 Å². The number of carbonyl (C=O) groups is 1. The van der Waals surface area contributed by atoms with E-state index in [9.17, 15) is 13.2 Å². The molecule has 5 nitrogen and oxygen atoms in total. The second-order valence-corrected chi connectivity index (χ2v) is 6.87. The highest BCUT2D eigenvalue weighted by molar-refractivity contribution is 7.91. The summed E-state index contributed by atoms with van der Waals surface area (Å²) in [4.78, 5) is 10.4. The van der Waals surface area contributed by atoms with Gasteiger partial charge in [-0.1, -0.05) is 11.3 Å². The van der Waals surface area contributed by atoms with Crippen LogP contribution in [0.2, 0.25) is 0 Å². The number of nitrogens with zero attached hydrogens (tertiary/aromatic N) is 2. The molecule has 1 aliphatic heterocycles. The predicted molar refractivity (Wildman–Crippen MR) is 55.9 cm³/mol. The van der Waals surface area contributed by atoms with E-state index >= 15 is 0 Å². The monoisotopic (exact) mass is 246 g/mol. The second-order valence-electron chi connectivity index (χ2n) is 3.52. The second kappa shape index (κ2) is 3.97. The predicted octanol–water partition coefficient (Wildman–Crippen LogP) is 0.643. The van der Waals surface area contributed by atoms with Crippen molar-refractivity contribution < 1.29 is 13.2 Å². The molecule has 0 radical (unpaired) electrons. The van der Waals surface area contributed by atoms with Gasteiger partial charge in [-0.05, 0) is 12.8 Å². The van der Waals surface area contributed by atoms with Crippen molar-refractivity contribution in [3.05, 3.63) is 10.0 Å². The molecule has 0 bridgehead atoms. The van der Waals surface area contributed by atoms with Crippen LogP contribution in [-0.4, -0.2) is 36.4 Å². The Morgan fingerprint density at radius 3 is 2.47 bits per heavy atom. The van der Waals surface area contributed by atoms with Gasteiger partial charge in [0.2, 0.25) is 0 Å². The third-order valence-corrected chi connectivity index (χ3v) is 5.19. The van der Waals surface area contributed by atoms with Gasteiger partial charge in [0.25, 0.3) is 0 Å². The summed E-state index contributed by atoms with van der Waals surface area (Å²) in [6.45, 7) is 0. The van der Waals surface area contributed by atoms with Crippen LogP contribution in [0, 0.1) is 0 Å². The van der Waals surface area contributed by atoms with Gasteiger partial charge in [0.1, 0.15) is 14.8 Å². The van der Waals surface area contributed by atoms with Gasteiger partial charge in [0.05, 0.1) is 11.5 Å². The van der Waals surface area contributed by atoms with E-state index in [0.717, 1.165) is 5.01 Å². The number of rotatable bonds is 2. The number of hydrogen-bond acceptors (Lipinski definition) is 6. The van der Waals surface area contributed by atoms with Crippen LogP contribution in [0.15, 0.2) is 0 Å². The van der Waals surface area contributed by atoms with Crippen molar-refractivity contribution in [2.75, 3.05) is 11.5 Å². The SMILES string of the molecule is O=Cc1nnc(C2CCS(=O)(=O)CC2)s1. The highest BCUT2D eigenvalue weighted by Crippen LogP contribution is 2.30. The zero-order valence-electron chi connectivity index (χ0n) is 7.92. The van der Waals surface area contributed by atoms with Crippen LogP contribution in [0.3, 0.4) is 0 Å². The van der Waals surface area contributed by atoms with E-state index in [1.165, 1.54) is 11.3 Å². The summed E-state index contributed by atoms with van der Waals surface area (Å²) in [5.41, 5.74) is 0. The molecule has 1 aromatic heterocycles. The summed E-state index contributed by atoms with van der Waals surface area (Å²) < 4.78 is 22.4. The molecule has 0 amide bonds. The Balaban J connectivity index is 2.10. The first-order valence-corrected chi connectivity index (χ1v) is 7.23. The number of hydrogen-bond donors (Lipinski definition) is 0. The van der Waals surface area contributed by atoms with Crippen molar-refractivity contribution in [1.29, 1.82) is 0 Å². The van der Waals surface area contributed by atoms with Gasteiger partial charge in [-0.3, -0.25) is 4.79 Å². The molecule has 2 heterocycles. The molecule has 1 saturated heterocycles. The molecule has 1 aromatic rings. The summed E-state index contributed by atoms with van der Waals surface area (Å²) in [6, 6.07) is 0. The molecule has 0 N–H and O–H groups in total. The zero-order valence-corrected chi connectivity index (χ0v) is 9.55. The van der Waals surface area contributed by atoms with Crippen LogP contribution >= 0.6 is 11.3 Å². The molecule has 0 aromatic carbocycles. The van der Waals surface area contributed by atoms with Gasteiger partial charge in [0, 0.05) is 5.92 Å². The topological polar surface area (TPSA) is 77.0 Å². The number of sulfone groups is 1. The van der Waals surface area contributed by atoms with Crippen molar-refractivity contribution in [3.63, 3.8) is 0 Å². The Kier molecular flexibility index (Phi) is 2.83. The van der Waals surface area contributed by atoms with Crippen LogP contribution in [-0.2, 0) is 9.84 Å². The lowest BCUT2D eigenvalue weighted by Crippen LogP contribution is -2.22. The first-order valence-electron chi connectivity index (χ1n) is 4.60. The summed E-state index contributed by atoms with van der Waals surface area (Å²) in [6.07, 6.45) is 1.85. The number of carbonyl (C=O) groups excluding carboxylic acids is 1. The fourth-order valence-electron chi connectivity index (χ4n) is 1.60. The molecule has 7 heteroatoms. The lowest BCUT2D eigenvalue weighted by atomic mass is 10.0. The van der Waals surface area contributed by atoms with Crippen LogP contribution in [0.5, 0.6) is 0 Å². The summed E-state index contributed by atoms with van der Waals surface area (Å²) in [5.74, 6) is 0.584. The van der Waals surface area contributed by atoms with Crippen LogP contribution < -0.4 is 0 Å². The average molecular weight is 246 g/mol. The van der Waals surface area contributed by atoms with Crippen molar-refractivity contribution in [2.24, 2.45) is 0 Å². The maximum absolute atomic E-state index is 11.2. The normalized spacial score (nSPS) is 21.3. The fraction of sp³-hybridized carbons (Fsp3) is 0.625. The summed E-state index contributed by atoms with van der Waals surface area (Å²) in [5, 5.41) is 8.74. The van der Waals surface area contributed by atoms with Crippen LogP contribution in [0.1, 0.15) is 33.6 Å². The van der Waals surface area contributed by atoms with Crippen LogP contribution in [0.4, 0.5) is 0 Å². The average Bonchev–Trinajstić information content (AvgIpc) is 2.66. The van der Waals surface area contributed by atoms with E-state index in [2.05, 4.69) is 10.2 Å². The fourth-order valence-corrected chi connectivity index (χ4v) is 3.92. The molecular weight excluding hydrogens is 236 g/mol. The molecule has 1 aliphatic rings. The van der Waals surface area contributed by atoms with Crippen molar-refractivity contribution in [2.45, 2.75) is 18.8 Å². The lowest BCUT2D eigenvalue weighted by Gasteiger charge is -2.18. The molecular formula is C8H10N2O3S2. The maximum atomic E-state index is 11.2. The minimum atomic E-state index is -2.84. The van der Waals surface area contributed by atoms with Gasteiger partial charge < -0.3 is 0 Å². The van der Waals surface area contributed by atoms with Gasteiger partial charge in [-0.25, -0.2) is 8.42 Å². The molecule has 0 saturated carbocycles. The third-order valence-electron chi connectivity index (χ3n) is 2.46. The van der Waals surface area contributed by atoms with Gasteiger partial charge in [0.15, 0.2) is 11.3 Å². The van der Waals surface area contributed by atoms with E-state index in [1.807, 2.05) is 0 Å². The van der Waals surface area contributed by atoms with E-state index in [1.54, 1.807) is 0 Å². The molecule has 0 spiro atoms. The standard InChI is InChI=1S/C8H10N2O3S2/c11-5-7-9-10-8(14-7)6-1-3-15(12,13)4-2-6/h5-6H,1-4H2. The Labute approximate surface area is 91.5 Å². The van der Waals surface area contributed by atoms with Crippen molar-refractivity contribution in [3.8, 4) is 0 Å². The highest BCUT2D eigenvalue weighted by Gasteiger charge is 2.26. The number of aromatic nitrogens is 2. The van der Waals surface area contributed by atoms with Crippen molar-refractivity contribution >= 4 is 27.5 Å². The minimum absolute atomic E-state index is 0.153. The quantitative estimate of drug-likeness (QED) is 0.716. The Morgan fingerprint density at radius 1 is 1.27 bits per heavy atom. The first kappa shape index (κ1) is 10.7. The first-order chi connectivity index (χ1) is 7.11. The van der Waals surface area contributed by atoms with E-state index < -0.39 is 9.84 Å². The molecule has 0 aliphatic carbocycles. The molecule has 0 unspecified atom stereocenters. The lowest BCUT2D eigenvalue weighted by molar-refractivity contribution is 0.112. The maximum Gasteiger partial charge on any atom is 0.180 e. The van der Waals surface area contributed by atoms with Gasteiger partial charge >= 0.3 is 0 Å². The van der Waals surface area contributed by atoms with Gasteiger partial charge in [-0.2, -0.15) is 0 Å². The summed E-state index contributed by atoms with van der Waals surface area (Å²) >= 11 is 1.25. The Hall–Kier alpha value is -0.820. The van der Waals surface area contributed by atoms with Crippen LogP contribution in [0.25, 0.3) is 0 Å². The zero-order chi connectivity index (χ0) is 10.9. The Bertz CT molecular complexity index is 452. The highest BCUT2D eigenvalue weighted by atomic mass is 32.2. The minimum Gasteiger partial charge on any atom is -0.295 e. The molecule has 15 heavy (non-hydrogen) atoms. The smallest absolute Gasteiger partial charge is 0.180 e. The van der Waals surface area contributed by atoms with Gasteiger partial charge in [-0.15, -0.1) is 10.2 Å². The largest absolute Gasteiger partial charge is 0.295 e. The molecule has 1 fully saturated rings. The molecule has 82 valence electrons. The third kappa shape index (κ3) is 2.40. The molecule has 0 atom stereocenters. The van der Waals surface area contributed by atoms with Crippen molar-refractivity contribution in [1.82, 2.24) is 10.2 Å². The van der Waals surface area contributed by atoms with E-state index in [-0.39, 0.29) is 17.4 Å².